The van der Waals surface area contributed by atoms with Gasteiger partial charge in [0.15, 0.2) is 0 Å². The molecule has 0 saturated carbocycles. The third-order valence-electron chi connectivity index (χ3n) is 3.92. The normalized spacial score (nSPS) is 24.5. The Bertz CT molecular complexity index is 375. The zero-order valence-electron chi connectivity index (χ0n) is 9.47. The second-order valence-corrected chi connectivity index (χ2v) is 4.98. The lowest BCUT2D eigenvalue weighted by Gasteiger charge is -2.14. The predicted molar refractivity (Wildman–Crippen MR) is 63.2 cm³/mol. The summed E-state index contributed by atoms with van der Waals surface area (Å²) in [5.41, 5.74) is 6.31. The van der Waals surface area contributed by atoms with Gasteiger partial charge < -0.3 is 5.32 Å². The fraction of sp³-hybridized carbons (Fsp3) is 0.571. The van der Waals surface area contributed by atoms with E-state index in [1.54, 1.807) is 11.1 Å². The quantitative estimate of drug-likeness (QED) is 0.736. The van der Waals surface area contributed by atoms with Crippen LogP contribution in [-0.4, -0.2) is 6.54 Å². The smallest absolute Gasteiger partial charge is 0.0320 e. The second-order valence-electron chi connectivity index (χ2n) is 4.98. The highest BCUT2D eigenvalue weighted by molar-refractivity contribution is 5.42. The Kier molecular flexibility index (Phi) is 2.28. The van der Waals surface area contributed by atoms with Gasteiger partial charge in [0, 0.05) is 6.04 Å². The fourth-order valence-corrected chi connectivity index (χ4v) is 3.13. The zero-order chi connectivity index (χ0) is 10.3. The van der Waals surface area contributed by atoms with E-state index in [1.165, 1.54) is 49.8 Å². The molecule has 1 atom stereocenters. The molecule has 2 aliphatic rings. The topological polar surface area (TPSA) is 12.0 Å². The number of benzene rings is 1. The number of nitrogens with one attached hydrogen (secondary N) is 1. The minimum absolute atomic E-state index is 0.634. The second kappa shape index (κ2) is 3.64. The van der Waals surface area contributed by atoms with E-state index in [9.17, 15) is 0 Å². The third-order valence-corrected chi connectivity index (χ3v) is 3.92. The summed E-state index contributed by atoms with van der Waals surface area (Å²) >= 11 is 0. The van der Waals surface area contributed by atoms with Crippen LogP contribution >= 0.6 is 0 Å². The molecule has 3 rings (SSSR count). The summed E-state index contributed by atoms with van der Waals surface area (Å²) < 4.78 is 0. The van der Waals surface area contributed by atoms with Crippen LogP contribution in [0.15, 0.2) is 12.1 Å². The van der Waals surface area contributed by atoms with Crippen molar-refractivity contribution < 1.29 is 0 Å². The minimum Gasteiger partial charge on any atom is -0.310 e. The van der Waals surface area contributed by atoms with Crippen LogP contribution in [0.5, 0.6) is 0 Å². The molecular weight excluding hydrogens is 182 g/mol. The summed E-state index contributed by atoms with van der Waals surface area (Å²) in [4.78, 5) is 0. The Morgan fingerprint density at radius 2 is 2.13 bits per heavy atom. The van der Waals surface area contributed by atoms with Crippen molar-refractivity contribution in [3.05, 3.63) is 34.4 Å². The monoisotopic (exact) mass is 201 g/mol. The molecule has 0 spiro atoms. The maximum Gasteiger partial charge on any atom is 0.0320 e. The average Bonchev–Trinajstić information content (AvgIpc) is 2.88. The Hall–Kier alpha value is -0.820. The van der Waals surface area contributed by atoms with Crippen LogP contribution in [0.1, 0.15) is 47.6 Å². The molecule has 1 heteroatoms. The van der Waals surface area contributed by atoms with Crippen molar-refractivity contribution in [1.82, 2.24) is 5.32 Å². The summed E-state index contributed by atoms with van der Waals surface area (Å²) in [5, 5.41) is 3.59. The van der Waals surface area contributed by atoms with Crippen LogP contribution in [0.4, 0.5) is 0 Å². The van der Waals surface area contributed by atoms with Crippen molar-refractivity contribution in [2.75, 3.05) is 6.54 Å². The molecule has 1 nitrogen and oxygen atoms in total. The Morgan fingerprint density at radius 3 is 2.93 bits per heavy atom. The van der Waals surface area contributed by atoms with E-state index in [4.69, 9.17) is 0 Å². The lowest BCUT2D eigenvalue weighted by molar-refractivity contribution is 0.646. The van der Waals surface area contributed by atoms with Gasteiger partial charge in [-0.25, -0.2) is 0 Å². The molecule has 1 N–H and O–H groups in total. The zero-order valence-corrected chi connectivity index (χ0v) is 9.47. The predicted octanol–water partition coefficient (Wildman–Crippen LogP) is 2.91. The number of rotatable bonds is 1. The van der Waals surface area contributed by atoms with Gasteiger partial charge in [0.25, 0.3) is 0 Å². The molecule has 80 valence electrons. The van der Waals surface area contributed by atoms with E-state index in [0.717, 1.165) is 0 Å². The van der Waals surface area contributed by atoms with Crippen LogP contribution in [-0.2, 0) is 12.8 Å². The minimum atomic E-state index is 0.634. The van der Waals surface area contributed by atoms with Gasteiger partial charge in [0.1, 0.15) is 0 Å². The van der Waals surface area contributed by atoms with Crippen molar-refractivity contribution in [3.63, 3.8) is 0 Å². The fourth-order valence-electron chi connectivity index (χ4n) is 3.13. The molecule has 0 radical (unpaired) electrons. The number of hydrogen-bond acceptors (Lipinski definition) is 1. The van der Waals surface area contributed by atoms with Gasteiger partial charge in [0.05, 0.1) is 0 Å². The first-order valence-corrected chi connectivity index (χ1v) is 6.20. The van der Waals surface area contributed by atoms with Crippen molar-refractivity contribution in [1.29, 1.82) is 0 Å². The van der Waals surface area contributed by atoms with Crippen molar-refractivity contribution in [2.24, 2.45) is 0 Å². The largest absolute Gasteiger partial charge is 0.310 e. The molecule has 1 aliphatic heterocycles. The van der Waals surface area contributed by atoms with Crippen LogP contribution in [0, 0.1) is 6.92 Å². The van der Waals surface area contributed by atoms with Crippen LogP contribution in [0.25, 0.3) is 0 Å². The molecule has 0 bridgehead atoms. The first kappa shape index (κ1) is 9.41. The van der Waals surface area contributed by atoms with Gasteiger partial charge in [0.2, 0.25) is 0 Å². The summed E-state index contributed by atoms with van der Waals surface area (Å²) in [6, 6.07) is 5.50. The van der Waals surface area contributed by atoms with Gasteiger partial charge in [-0.05, 0) is 67.8 Å². The molecule has 0 unspecified atom stereocenters. The summed E-state index contributed by atoms with van der Waals surface area (Å²) in [7, 11) is 0. The Morgan fingerprint density at radius 1 is 1.20 bits per heavy atom. The maximum atomic E-state index is 3.59. The number of hydrogen-bond donors (Lipinski definition) is 1. The molecular formula is C14H19N. The lowest BCUT2D eigenvalue weighted by atomic mass is 9.96. The van der Waals surface area contributed by atoms with Gasteiger partial charge in [-0.3, -0.25) is 0 Å². The van der Waals surface area contributed by atoms with Crippen molar-refractivity contribution in [2.45, 2.75) is 45.1 Å². The highest BCUT2D eigenvalue weighted by Gasteiger charge is 2.20. The standard InChI is InChI=1S/C14H19N/c1-10-8-12(14-6-3-7-15-14)9-11-4-2-5-13(10)11/h8-9,14-15H,2-7H2,1H3/t14-/m1/s1. The summed E-state index contributed by atoms with van der Waals surface area (Å²) in [6.45, 7) is 3.48. The molecule has 0 aromatic heterocycles. The summed E-state index contributed by atoms with van der Waals surface area (Å²) in [5.74, 6) is 0. The first-order chi connectivity index (χ1) is 7.34. The van der Waals surface area contributed by atoms with Gasteiger partial charge >= 0.3 is 0 Å². The van der Waals surface area contributed by atoms with Crippen molar-refractivity contribution >= 4 is 0 Å². The molecule has 0 amide bonds. The van der Waals surface area contributed by atoms with Crippen LogP contribution in [0.3, 0.4) is 0 Å². The third kappa shape index (κ3) is 1.59. The number of fused-ring (bicyclic) bond motifs is 1. The highest BCUT2D eigenvalue weighted by Crippen LogP contribution is 2.31. The van der Waals surface area contributed by atoms with E-state index in [2.05, 4.69) is 24.4 Å². The maximum absolute atomic E-state index is 3.59. The van der Waals surface area contributed by atoms with E-state index in [0.29, 0.717) is 6.04 Å². The molecule has 1 saturated heterocycles. The lowest BCUT2D eigenvalue weighted by Crippen LogP contribution is -2.13. The molecule has 1 aromatic rings. The van der Waals surface area contributed by atoms with E-state index in [-0.39, 0.29) is 0 Å². The Balaban J connectivity index is 1.99. The molecule has 1 aliphatic carbocycles. The van der Waals surface area contributed by atoms with Crippen LogP contribution < -0.4 is 5.32 Å². The molecule has 1 aromatic carbocycles. The molecule has 1 fully saturated rings. The molecule has 15 heavy (non-hydrogen) atoms. The Labute approximate surface area is 91.9 Å². The number of aryl methyl sites for hydroxylation is 2. The summed E-state index contributed by atoms with van der Waals surface area (Å²) in [6.07, 6.45) is 6.62. The van der Waals surface area contributed by atoms with Gasteiger partial charge in [-0.1, -0.05) is 12.1 Å². The SMILES string of the molecule is Cc1cc([C@H]2CCCN2)cc2c1CCC2. The van der Waals surface area contributed by atoms with E-state index in [1.807, 2.05) is 0 Å². The first-order valence-electron chi connectivity index (χ1n) is 6.20. The van der Waals surface area contributed by atoms with Crippen molar-refractivity contribution in [3.8, 4) is 0 Å². The average molecular weight is 201 g/mol. The molecule has 1 heterocycles. The van der Waals surface area contributed by atoms with E-state index >= 15 is 0 Å². The van der Waals surface area contributed by atoms with Gasteiger partial charge in [-0.15, -0.1) is 0 Å². The highest BCUT2D eigenvalue weighted by atomic mass is 14.9. The van der Waals surface area contributed by atoms with Gasteiger partial charge in [-0.2, -0.15) is 0 Å². The van der Waals surface area contributed by atoms with E-state index < -0.39 is 0 Å². The van der Waals surface area contributed by atoms with Crippen LogP contribution in [0.2, 0.25) is 0 Å².